The van der Waals surface area contributed by atoms with Gasteiger partial charge in [-0.3, -0.25) is 0 Å². The SMILES string of the molecule is C=CCc1ccc2c3c1[C@@H](C)OB3OC(C)CO2. The lowest BCUT2D eigenvalue weighted by atomic mass is 9.76. The summed E-state index contributed by atoms with van der Waals surface area (Å²) in [5.74, 6) is 0.900. The van der Waals surface area contributed by atoms with Crippen molar-refractivity contribution in [3.63, 3.8) is 0 Å². The minimum Gasteiger partial charge on any atom is -0.491 e. The Kier molecular flexibility index (Phi) is 2.92. The molecule has 3 rings (SSSR count). The number of hydrogen-bond acceptors (Lipinski definition) is 3. The summed E-state index contributed by atoms with van der Waals surface area (Å²) >= 11 is 0. The summed E-state index contributed by atoms with van der Waals surface area (Å²) in [7, 11) is -0.285. The molecule has 0 N–H and O–H groups in total. The average molecular weight is 244 g/mol. The number of allylic oxidation sites excluding steroid dienone is 1. The van der Waals surface area contributed by atoms with Crippen LogP contribution < -0.4 is 10.2 Å². The lowest BCUT2D eigenvalue weighted by molar-refractivity contribution is 0.104. The zero-order chi connectivity index (χ0) is 12.7. The molecule has 0 aliphatic carbocycles. The summed E-state index contributed by atoms with van der Waals surface area (Å²) in [6, 6.07) is 4.13. The van der Waals surface area contributed by atoms with E-state index in [0.717, 1.165) is 17.6 Å². The van der Waals surface area contributed by atoms with Gasteiger partial charge in [-0.25, -0.2) is 0 Å². The molecule has 0 fully saturated rings. The maximum absolute atomic E-state index is 5.91. The standard InChI is InChI=1S/C14H17BO3/c1-4-5-11-6-7-12-14-13(11)10(3)18-15(14)17-9(2)8-16-12/h4,6-7,9-10H,1,5,8H2,2-3H3/t9?,10-/m1/s1. The largest absolute Gasteiger partial charge is 0.498 e. The highest BCUT2D eigenvalue weighted by atomic mass is 16.6. The fourth-order valence-corrected chi connectivity index (χ4v) is 2.72. The first-order valence-corrected chi connectivity index (χ1v) is 6.41. The van der Waals surface area contributed by atoms with Crippen molar-refractivity contribution in [3.05, 3.63) is 35.9 Å². The molecule has 2 aliphatic heterocycles. The molecule has 4 heteroatoms. The maximum Gasteiger partial charge on any atom is 0.498 e. The van der Waals surface area contributed by atoms with Crippen molar-refractivity contribution in [2.75, 3.05) is 6.61 Å². The van der Waals surface area contributed by atoms with Crippen molar-refractivity contribution < 1.29 is 14.0 Å². The molecule has 0 aromatic heterocycles. The summed E-state index contributed by atoms with van der Waals surface area (Å²) in [5.41, 5.74) is 3.54. The summed E-state index contributed by atoms with van der Waals surface area (Å²) in [6.45, 7) is 8.44. The zero-order valence-electron chi connectivity index (χ0n) is 10.8. The van der Waals surface area contributed by atoms with Crippen LogP contribution in [0.3, 0.4) is 0 Å². The van der Waals surface area contributed by atoms with Crippen molar-refractivity contribution in [1.82, 2.24) is 0 Å². The molecule has 1 aromatic carbocycles. The molecule has 1 aromatic rings. The Morgan fingerprint density at radius 1 is 1.39 bits per heavy atom. The Balaban J connectivity index is 2.13. The molecule has 0 saturated heterocycles. The minimum atomic E-state index is -0.285. The molecule has 0 bridgehead atoms. The molecule has 0 saturated carbocycles. The van der Waals surface area contributed by atoms with Crippen LogP contribution in [0.4, 0.5) is 0 Å². The van der Waals surface area contributed by atoms with E-state index in [1.807, 2.05) is 19.1 Å². The van der Waals surface area contributed by atoms with Crippen LogP contribution in [0.15, 0.2) is 24.8 Å². The van der Waals surface area contributed by atoms with Crippen molar-refractivity contribution in [1.29, 1.82) is 0 Å². The Labute approximate surface area is 108 Å². The summed E-state index contributed by atoms with van der Waals surface area (Å²) in [4.78, 5) is 0. The van der Waals surface area contributed by atoms with Crippen molar-refractivity contribution in [3.8, 4) is 5.75 Å². The third kappa shape index (κ3) is 1.76. The van der Waals surface area contributed by atoms with Crippen molar-refractivity contribution in [2.45, 2.75) is 32.5 Å². The van der Waals surface area contributed by atoms with Gasteiger partial charge in [-0.15, -0.1) is 6.58 Å². The highest BCUT2D eigenvalue weighted by Gasteiger charge is 2.42. The molecule has 0 amide bonds. The molecular formula is C14H17BO3. The minimum absolute atomic E-state index is 0.0448. The van der Waals surface area contributed by atoms with Crippen LogP contribution in [0.2, 0.25) is 0 Å². The van der Waals surface area contributed by atoms with E-state index < -0.39 is 0 Å². The number of rotatable bonds is 2. The van der Waals surface area contributed by atoms with E-state index in [-0.39, 0.29) is 19.3 Å². The van der Waals surface area contributed by atoms with Crippen LogP contribution in [0, 0.1) is 0 Å². The second-order valence-electron chi connectivity index (χ2n) is 4.91. The molecule has 2 heterocycles. The first kappa shape index (κ1) is 11.8. The Bertz CT molecular complexity index is 486. The number of ether oxygens (including phenoxy) is 1. The average Bonchev–Trinajstić information content (AvgIpc) is 2.57. The molecule has 2 atom stereocenters. The normalized spacial score (nSPS) is 25.3. The third-order valence-electron chi connectivity index (χ3n) is 3.50. The second kappa shape index (κ2) is 4.45. The van der Waals surface area contributed by atoms with Crippen LogP contribution in [0.1, 0.15) is 31.1 Å². The zero-order valence-corrected chi connectivity index (χ0v) is 10.8. The molecular weight excluding hydrogens is 227 g/mol. The molecule has 18 heavy (non-hydrogen) atoms. The lowest BCUT2D eigenvalue weighted by Crippen LogP contribution is -2.34. The monoisotopic (exact) mass is 244 g/mol. The van der Waals surface area contributed by atoms with E-state index in [1.165, 1.54) is 11.1 Å². The van der Waals surface area contributed by atoms with Gasteiger partial charge in [0, 0.05) is 5.46 Å². The van der Waals surface area contributed by atoms with Gasteiger partial charge >= 0.3 is 7.12 Å². The van der Waals surface area contributed by atoms with Gasteiger partial charge in [0.25, 0.3) is 0 Å². The van der Waals surface area contributed by atoms with Crippen LogP contribution in [0.25, 0.3) is 0 Å². The van der Waals surface area contributed by atoms with E-state index in [0.29, 0.717) is 6.61 Å². The van der Waals surface area contributed by atoms with Gasteiger partial charge in [0.15, 0.2) is 0 Å². The third-order valence-corrected chi connectivity index (χ3v) is 3.50. The van der Waals surface area contributed by atoms with Gasteiger partial charge in [-0.05, 0) is 37.5 Å². The van der Waals surface area contributed by atoms with E-state index >= 15 is 0 Å². The lowest BCUT2D eigenvalue weighted by Gasteiger charge is -2.15. The molecule has 2 aliphatic rings. The predicted octanol–water partition coefficient (Wildman–Crippen LogP) is 2.00. The number of benzene rings is 1. The highest BCUT2D eigenvalue weighted by Crippen LogP contribution is 2.33. The van der Waals surface area contributed by atoms with Crippen LogP contribution in [-0.2, 0) is 15.7 Å². The Morgan fingerprint density at radius 3 is 3.00 bits per heavy atom. The Morgan fingerprint density at radius 2 is 2.22 bits per heavy atom. The van der Waals surface area contributed by atoms with Gasteiger partial charge in [0.2, 0.25) is 0 Å². The second-order valence-corrected chi connectivity index (χ2v) is 4.91. The maximum atomic E-state index is 5.91. The molecule has 3 nitrogen and oxygen atoms in total. The van der Waals surface area contributed by atoms with Gasteiger partial charge in [-0.1, -0.05) is 12.1 Å². The predicted molar refractivity (Wildman–Crippen MR) is 71.3 cm³/mol. The quantitative estimate of drug-likeness (QED) is 0.588. The van der Waals surface area contributed by atoms with Gasteiger partial charge < -0.3 is 14.0 Å². The van der Waals surface area contributed by atoms with Gasteiger partial charge in [0.05, 0.1) is 12.2 Å². The van der Waals surface area contributed by atoms with E-state index in [1.54, 1.807) is 0 Å². The Hall–Kier alpha value is -1.26. The van der Waals surface area contributed by atoms with E-state index in [9.17, 15) is 0 Å². The summed E-state index contributed by atoms with van der Waals surface area (Å²) < 4.78 is 17.6. The number of hydrogen-bond donors (Lipinski definition) is 0. The first-order valence-electron chi connectivity index (χ1n) is 6.41. The van der Waals surface area contributed by atoms with Crippen LogP contribution in [-0.4, -0.2) is 19.8 Å². The summed E-state index contributed by atoms with van der Waals surface area (Å²) in [5, 5.41) is 0. The van der Waals surface area contributed by atoms with Gasteiger partial charge in [-0.2, -0.15) is 0 Å². The van der Waals surface area contributed by atoms with Gasteiger partial charge in [0.1, 0.15) is 12.4 Å². The fourth-order valence-electron chi connectivity index (χ4n) is 2.72. The topological polar surface area (TPSA) is 27.7 Å². The molecule has 0 radical (unpaired) electrons. The molecule has 0 spiro atoms. The summed E-state index contributed by atoms with van der Waals surface area (Å²) in [6.07, 6.45) is 2.86. The van der Waals surface area contributed by atoms with Crippen LogP contribution in [0.5, 0.6) is 5.75 Å². The van der Waals surface area contributed by atoms with E-state index in [2.05, 4.69) is 19.6 Å². The highest BCUT2D eigenvalue weighted by molar-refractivity contribution is 6.64. The first-order chi connectivity index (χ1) is 8.70. The molecule has 1 unspecified atom stereocenters. The molecule has 94 valence electrons. The van der Waals surface area contributed by atoms with E-state index in [4.69, 9.17) is 14.0 Å². The van der Waals surface area contributed by atoms with Crippen molar-refractivity contribution >= 4 is 12.6 Å². The van der Waals surface area contributed by atoms with Crippen LogP contribution >= 0.6 is 0 Å². The van der Waals surface area contributed by atoms with Crippen molar-refractivity contribution in [2.24, 2.45) is 0 Å². The fraction of sp³-hybridized carbons (Fsp3) is 0.429. The smallest absolute Gasteiger partial charge is 0.491 e.